The van der Waals surface area contributed by atoms with E-state index in [2.05, 4.69) is 17.2 Å². The summed E-state index contributed by atoms with van der Waals surface area (Å²) in [5.41, 5.74) is 1.79. The molecule has 0 aliphatic rings. The minimum Gasteiger partial charge on any atom is -0.493 e. The Kier molecular flexibility index (Phi) is 9.18. The van der Waals surface area contributed by atoms with Gasteiger partial charge in [0, 0.05) is 19.3 Å². The van der Waals surface area contributed by atoms with E-state index >= 15 is 0 Å². The van der Waals surface area contributed by atoms with Crippen LogP contribution >= 0.6 is 11.6 Å². The maximum Gasteiger partial charge on any atom is 0.262 e. The number of carbonyl (C=O) groups is 2. The average molecular weight is 433 g/mol. The van der Waals surface area contributed by atoms with Crippen molar-refractivity contribution in [3.8, 4) is 11.5 Å². The first-order chi connectivity index (χ1) is 14.5. The van der Waals surface area contributed by atoms with Crippen LogP contribution in [0.3, 0.4) is 0 Å². The predicted octanol–water partition coefficient (Wildman–Crippen LogP) is 3.47. The standard InChI is InChI=1S/C22H25ClN2O5/c1-4-5-15-6-9-19(20(12-15)29-3)30-14-21(26)25-16-7-8-17(18(23)13-16)22(27)24-10-11-28-2/h4,6-9,12-13H,1,5,10-11,14H2,2-3H3,(H,24,27)(H,25,26). The topological polar surface area (TPSA) is 85.9 Å². The van der Waals surface area contributed by atoms with Crippen LogP contribution < -0.4 is 20.1 Å². The Morgan fingerprint density at radius 2 is 1.93 bits per heavy atom. The molecule has 0 fully saturated rings. The zero-order valence-corrected chi connectivity index (χ0v) is 17.8. The summed E-state index contributed by atoms with van der Waals surface area (Å²) in [7, 11) is 3.09. The predicted molar refractivity (Wildman–Crippen MR) is 117 cm³/mol. The second kappa shape index (κ2) is 11.8. The number of benzene rings is 2. The van der Waals surface area contributed by atoms with Gasteiger partial charge in [0.25, 0.3) is 11.8 Å². The van der Waals surface area contributed by atoms with Crippen LogP contribution in [0.4, 0.5) is 5.69 Å². The summed E-state index contributed by atoms with van der Waals surface area (Å²) in [5.74, 6) is 0.307. The molecule has 2 N–H and O–H groups in total. The fourth-order valence-electron chi connectivity index (χ4n) is 2.60. The van der Waals surface area contributed by atoms with Gasteiger partial charge in [0.1, 0.15) is 0 Å². The highest BCUT2D eigenvalue weighted by molar-refractivity contribution is 6.34. The second-order valence-corrected chi connectivity index (χ2v) is 6.67. The molecule has 0 radical (unpaired) electrons. The number of carbonyl (C=O) groups excluding carboxylic acids is 2. The molecule has 7 nitrogen and oxygen atoms in total. The molecule has 2 aromatic carbocycles. The van der Waals surface area contributed by atoms with Gasteiger partial charge in [0.2, 0.25) is 0 Å². The molecule has 0 heterocycles. The fourth-order valence-corrected chi connectivity index (χ4v) is 2.87. The normalized spacial score (nSPS) is 10.2. The average Bonchev–Trinajstić information content (AvgIpc) is 2.73. The Morgan fingerprint density at radius 1 is 1.13 bits per heavy atom. The summed E-state index contributed by atoms with van der Waals surface area (Å²) in [6.45, 7) is 4.27. The van der Waals surface area contributed by atoms with Crippen LogP contribution in [-0.2, 0) is 16.0 Å². The molecule has 0 spiro atoms. The number of anilines is 1. The number of amides is 2. The van der Waals surface area contributed by atoms with Crippen molar-refractivity contribution in [3.63, 3.8) is 0 Å². The molecule has 8 heteroatoms. The van der Waals surface area contributed by atoms with Crippen LogP contribution in [0.5, 0.6) is 11.5 Å². The van der Waals surface area contributed by atoms with E-state index in [0.29, 0.717) is 42.3 Å². The maximum atomic E-state index is 12.2. The van der Waals surface area contributed by atoms with Crippen LogP contribution in [0.15, 0.2) is 49.1 Å². The Morgan fingerprint density at radius 3 is 2.60 bits per heavy atom. The number of hydrogen-bond acceptors (Lipinski definition) is 5. The zero-order chi connectivity index (χ0) is 21.9. The van der Waals surface area contributed by atoms with Gasteiger partial charge in [-0.25, -0.2) is 0 Å². The minimum atomic E-state index is -0.374. The van der Waals surface area contributed by atoms with Gasteiger partial charge >= 0.3 is 0 Å². The highest BCUT2D eigenvalue weighted by atomic mass is 35.5. The van der Waals surface area contributed by atoms with Gasteiger partial charge in [0.15, 0.2) is 18.1 Å². The summed E-state index contributed by atoms with van der Waals surface area (Å²) in [4.78, 5) is 24.3. The second-order valence-electron chi connectivity index (χ2n) is 6.26. The minimum absolute atomic E-state index is 0.214. The van der Waals surface area contributed by atoms with Crippen molar-refractivity contribution >= 4 is 29.1 Å². The molecule has 0 bridgehead atoms. The Hall–Kier alpha value is -3.03. The molecule has 0 aliphatic heterocycles. The third-order valence-electron chi connectivity index (χ3n) is 4.06. The fraction of sp³-hybridized carbons (Fsp3) is 0.273. The third-order valence-corrected chi connectivity index (χ3v) is 4.37. The molecule has 0 aromatic heterocycles. The molecule has 0 atom stereocenters. The molecule has 0 saturated heterocycles. The first kappa shape index (κ1) is 23.3. The summed E-state index contributed by atoms with van der Waals surface area (Å²) in [5, 5.41) is 5.60. The van der Waals surface area contributed by atoms with Gasteiger partial charge < -0.3 is 24.8 Å². The zero-order valence-electron chi connectivity index (χ0n) is 17.0. The van der Waals surface area contributed by atoms with Crippen LogP contribution in [0.1, 0.15) is 15.9 Å². The summed E-state index contributed by atoms with van der Waals surface area (Å²) >= 11 is 6.18. The molecule has 0 unspecified atom stereocenters. The molecule has 160 valence electrons. The number of nitrogens with one attached hydrogen (secondary N) is 2. The van der Waals surface area contributed by atoms with Crippen molar-refractivity contribution in [2.24, 2.45) is 0 Å². The number of methoxy groups -OCH3 is 2. The summed E-state index contributed by atoms with van der Waals surface area (Å²) in [6.07, 6.45) is 2.50. The van der Waals surface area contributed by atoms with E-state index in [9.17, 15) is 9.59 Å². The Balaban J connectivity index is 1.94. The molecule has 2 aromatic rings. The van der Waals surface area contributed by atoms with Crippen molar-refractivity contribution in [2.75, 3.05) is 39.3 Å². The lowest BCUT2D eigenvalue weighted by Crippen LogP contribution is -2.27. The van der Waals surface area contributed by atoms with Gasteiger partial charge in [-0.15, -0.1) is 6.58 Å². The van der Waals surface area contributed by atoms with Gasteiger partial charge in [-0.1, -0.05) is 23.7 Å². The van der Waals surface area contributed by atoms with E-state index in [1.165, 1.54) is 13.2 Å². The number of ether oxygens (including phenoxy) is 3. The van der Waals surface area contributed by atoms with Crippen molar-refractivity contribution < 1.29 is 23.8 Å². The highest BCUT2D eigenvalue weighted by Gasteiger charge is 2.13. The number of allylic oxidation sites excluding steroid dienone is 1. The lowest BCUT2D eigenvalue weighted by molar-refractivity contribution is -0.118. The first-order valence-corrected chi connectivity index (χ1v) is 9.63. The van der Waals surface area contributed by atoms with Crippen LogP contribution in [0, 0.1) is 0 Å². The molecule has 0 saturated carbocycles. The Labute approximate surface area is 181 Å². The molecule has 30 heavy (non-hydrogen) atoms. The van der Waals surface area contributed by atoms with Crippen LogP contribution in [-0.4, -0.2) is 45.8 Å². The molecule has 2 amide bonds. The number of rotatable bonds is 11. The lowest BCUT2D eigenvalue weighted by atomic mass is 10.1. The van der Waals surface area contributed by atoms with Gasteiger partial charge in [-0.3, -0.25) is 9.59 Å². The largest absolute Gasteiger partial charge is 0.493 e. The van der Waals surface area contributed by atoms with Crippen molar-refractivity contribution in [1.82, 2.24) is 5.32 Å². The van der Waals surface area contributed by atoms with E-state index in [4.69, 9.17) is 25.8 Å². The molecule has 2 rings (SSSR count). The van der Waals surface area contributed by atoms with Crippen molar-refractivity contribution in [1.29, 1.82) is 0 Å². The molecular formula is C22H25ClN2O5. The van der Waals surface area contributed by atoms with Crippen LogP contribution in [0.2, 0.25) is 5.02 Å². The number of hydrogen-bond donors (Lipinski definition) is 2. The smallest absolute Gasteiger partial charge is 0.262 e. The van der Waals surface area contributed by atoms with E-state index < -0.39 is 0 Å². The number of halogens is 1. The van der Waals surface area contributed by atoms with Gasteiger partial charge in [-0.05, 0) is 42.3 Å². The van der Waals surface area contributed by atoms with Crippen molar-refractivity contribution in [2.45, 2.75) is 6.42 Å². The summed E-state index contributed by atoms with van der Waals surface area (Å²) < 4.78 is 15.8. The monoisotopic (exact) mass is 432 g/mol. The molecular weight excluding hydrogens is 408 g/mol. The van der Waals surface area contributed by atoms with E-state index in [-0.39, 0.29) is 23.4 Å². The Bertz CT molecular complexity index is 901. The van der Waals surface area contributed by atoms with Crippen molar-refractivity contribution in [3.05, 3.63) is 65.2 Å². The van der Waals surface area contributed by atoms with Gasteiger partial charge in [-0.2, -0.15) is 0 Å². The van der Waals surface area contributed by atoms with E-state index in [1.807, 2.05) is 12.1 Å². The van der Waals surface area contributed by atoms with Gasteiger partial charge in [0.05, 0.1) is 24.3 Å². The van der Waals surface area contributed by atoms with E-state index in [0.717, 1.165) is 5.56 Å². The molecule has 0 aliphatic carbocycles. The first-order valence-electron chi connectivity index (χ1n) is 9.25. The SMILES string of the molecule is C=CCc1ccc(OCC(=O)Nc2ccc(C(=O)NCCOC)c(Cl)c2)c(OC)c1. The third kappa shape index (κ3) is 6.79. The highest BCUT2D eigenvalue weighted by Crippen LogP contribution is 2.28. The van der Waals surface area contributed by atoms with Crippen LogP contribution in [0.25, 0.3) is 0 Å². The summed E-state index contributed by atoms with van der Waals surface area (Å²) in [6, 6.07) is 10.1. The quantitative estimate of drug-likeness (QED) is 0.419. The lowest BCUT2D eigenvalue weighted by Gasteiger charge is -2.12. The maximum absolute atomic E-state index is 12.2. The van der Waals surface area contributed by atoms with E-state index in [1.54, 1.807) is 31.4 Å².